The highest BCUT2D eigenvalue weighted by atomic mass is 19.1. The van der Waals surface area contributed by atoms with E-state index in [-0.39, 0.29) is 35.6 Å². The Morgan fingerprint density at radius 2 is 1.88 bits per heavy atom. The van der Waals surface area contributed by atoms with Crippen LogP contribution in [0.4, 0.5) is 4.39 Å². The van der Waals surface area contributed by atoms with Gasteiger partial charge in [-0.3, -0.25) is 9.59 Å². The van der Waals surface area contributed by atoms with Crippen molar-refractivity contribution in [1.82, 2.24) is 9.80 Å². The predicted molar refractivity (Wildman–Crippen MR) is 95.8 cm³/mol. The minimum absolute atomic E-state index is 0.00600. The SMILES string of the molecule is CC(C)C(=O)N1CCC(C(=O)N2CCOC(c3cccc(F)c3)C2)CC1. The van der Waals surface area contributed by atoms with Crippen molar-refractivity contribution in [2.75, 3.05) is 32.8 Å². The summed E-state index contributed by atoms with van der Waals surface area (Å²) in [5, 5.41) is 0. The Labute approximate surface area is 154 Å². The van der Waals surface area contributed by atoms with Gasteiger partial charge in [0.15, 0.2) is 0 Å². The number of hydrogen-bond acceptors (Lipinski definition) is 3. The Morgan fingerprint density at radius 3 is 2.54 bits per heavy atom. The molecule has 26 heavy (non-hydrogen) atoms. The lowest BCUT2D eigenvalue weighted by Gasteiger charge is -2.38. The maximum Gasteiger partial charge on any atom is 0.225 e. The Balaban J connectivity index is 1.57. The van der Waals surface area contributed by atoms with Crippen LogP contribution in [0.2, 0.25) is 0 Å². The summed E-state index contributed by atoms with van der Waals surface area (Å²) in [7, 11) is 0. The molecule has 0 aliphatic carbocycles. The number of benzene rings is 1. The highest BCUT2D eigenvalue weighted by Gasteiger charge is 2.33. The molecule has 1 atom stereocenters. The van der Waals surface area contributed by atoms with E-state index in [1.807, 2.05) is 29.7 Å². The van der Waals surface area contributed by atoms with E-state index < -0.39 is 0 Å². The van der Waals surface area contributed by atoms with Gasteiger partial charge in [-0.25, -0.2) is 4.39 Å². The van der Waals surface area contributed by atoms with Crippen LogP contribution in [0.15, 0.2) is 24.3 Å². The number of nitrogens with zero attached hydrogens (tertiary/aromatic N) is 2. The van der Waals surface area contributed by atoms with Crippen molar-refractivity contribution in [2.24, 2.45) is 11.8 Å². The lowest BCUT2D eigenvalue weighted by molar-refractivity contribution is -0.147. The first kappa shape index (κ1) is 18.8. The van der Waals surface area contributed by atoms with Crippen molar-refractivity contribution in [3.05, 3.63) is 35.6 Å². The number of amides is 2. The van der Waals surface area contributed by atoms with Gasteiger partial charge in [0.1, 0.15) is 11.9 Å². The fourth-order valence-corrected chi connectivity index (χ4v) is 3.73. The molecule has 5 nitrogen and oxygen atoms in total. The fraction of sp³-hybridized carbons (Fsp3) is 0.600. The van der Waals surface area contributed by atoms with E-state index in [1.54, 1.807) is 6.07 Å². The number of piperidine rings is 1. The van der Waals surface area contributed by atoms with Crippen molar-refractivity contribution >= 4 is 11.8 Å². The molecule has 2 amide bonds. The summed E-state index contributed by atoms with van der Waals surface area (Å²) in [4.78, 5) is 28.7. The molecule has 0 radical (unpaired) electrons. The minimum atomic E-state index is -0.295. The molecule has 2 aliphatic rings. The van der Waals surface area contributed by atoms with E-state index in [0.29, 0.717) is 45.6 Å². The van der Waals surface area contributed by atoms with Crippen molar-refractivity contribution in [3.8, 4) is 0 Å². The van der Waals surface area contributed by atoms with E-state index in [4.69, 9.17) is 4.74 Å². The lowest BCUT2D eigenvalue weighted by Crippen LogP contribution is -2.48. The number of likely N-dealkylation sites (tertiary alicyclic amines) is 1. The standard InChI is InChI=1S/C20H27FN2O3/c1-14(2)19(24)22-8-6-15(7-9-22)20(25)23-10-11-26-18(13-23)16-4-3-5-17(21)12-16/h3-5,12,14-15,18H,6-11,13H2,1-2H3. The largest absolute Gasteiger partial charge is 0.370 e. The quantitative estimate of drug-likeness (QED) is 0.831. The number of morpholine rings is 1. The fourth-order valence-electron chi connectivity index (χ4n) is 3.73. The first-order valence-corrected chi connectivity index (χ1v) is 9.40. The number of ether oxygens (including phenoxy) is 1. The summed E-state index contributed by atoms with van der Waals surface area (Å²) < 4.78 is 19.2. The van der Waals surface area contributed by atoms with E-state index in [1.165, 1.54) is 12.1 Å². The van der Waals surface area contributed by atoms with Crippen LogP contribution >= 0.6 is 0 Å². The third kappa shape index (κ3) is 4.23. The summed E-state index contributed by atoms with van der Waals surface area (Å²) in [6, 6.07) is 6.37. The molecular weight excluding hydrogens is 335 g/mol. The first-order valence-electron chi connectivity index (χ1n) is 9.40. The maximum atomic E-state index is 13.5. The maximum absolute atomic E-state index is 13.5. The molecule has 1 aromatic carbocycles. The number of rotatable bonds is 3. The molecule has 2 saturated heterocycles. The highest BCUT2D eigenvalue weighted by molar-refractivity contribution is 5.81. The molecule has 142 valence electrons. The smallest absolute Gasteiger partial charge is 0.225 e. The first-order chi connectivity index (χ1) is 12.5. The van der Waals surface area contributed by atoms with Crippen LogP contribution in [0.1, 0.15) is 38.4 Å². The van der Waals surface area contributed by atoms with E-state index in [2.05, 4.69) is 0 Å². The number of halogens is 1. The Hall–Kier alpha value is -1.95. The van der Waals surface area contributed by atoms with Crippen molar-refractivity contribution in [3.63, 3.8) is 0 Å². The third-order valence-electron chi connectivity index (χ3n) is 5.25. The van der Waals surface area contributed by atoms with Crippen molar-refractivity contribution < 1.29 is 18.7 Å². The van der Waals surface area contributed by atoms with Gasteiger partial charge in [-0.1, -0.05) is 26.0 Å². The summed E-state index contributed by atoms with van der Waals surface area (Å²) in [5.41, 5.74) is 0.764. The minimum Gasteiger partial charge on any atom is -0.370 e. The van der Waals surface area contributed by atoms with Crippen LogP contribution < -0.4 is 0 Å². The van der Waals surface area contributed by atoms with E-state index in [0.717, 1.165) is 5.56 Å². The van der Waals surface area contributed by atoms with Crippen molar-refractivity contribution in [2.45, 2.75) is 32.8 Å². The summed E-state index contributed by atoms with van der Waals surface area (Å²) >= 11 is 0. The number of hydrogen-bond donors (Lipinski definition) is 0. The molecule has 0 saturated carbocycles. The monoisotopic (exact) mass is 362 g/mol. The van der Waals surface area contributed by atoms with Gasteiger partial charge in [0.25, 0.3) is 0 Å². The highest BCUT2D eigenvalue weighted by Crippen LogP contribution is 2.26. The number of carbonyl (C=O) groups excluding carboxylic acids is 2. The molecule has 1 unspecified atom stereocenters. The second kappa shape index (κ2) is 8.16. The molecule has 0 N–H and O–H groups in total. The van der Waals surface area contributed by atoms with Gasteiger partial charge >= 0.3 is 0 Å². The van der Waals surface area contributed by atoms with Crippen LogP contribution in [-0.4, -0.2) is 54.4 Å². The third-order valence-corrected chi connectivity index (χ3v) is 5.25. The van der Waals surface area contributed by atoms with Gasteiger partial charge in [0.05, 0.1) is 13.2 Å². The molecule has 0 bridgehead atoms. The van der Waals surface area contributed by atoms with Crippen molar-refractivity contribution in [1.29, 1.82) is 0 Å². The molecule has 2 fully saturated rings. The molecule has 6 heteroatoms. The molecule has 0 aromatic heterocycles. The zero-order chi connectivity index (χ0) is 18.7. The molecule has 2 heterocycles. The zero-order valence-electron chi connectivity index (χ0n) is 15.5. The van der Waals surface area contributed by atoms with E-state index >= 15 is 0 Å². The van der Waals surface area contributed by atoms with Gasteiger partial charge in [-0.05, 0) is 30.5 Å². The topological polar surface area (TPSA) is 49.9 Å². The predicted octanol–water partition coefficient (Wildman–Crippen LogP) is 2.62. The van der Waals surface area contributed by atoms with Crippen LogP contribution in [0.25, 0.3) is 0 Å². The van der Waals surface area contributed by atoms with E-state index in [9.17, 15) is 14.0 Å². The Bertz CT molecular complexity index is 656. The second-order valence-electron chi connectivity index (χ2n) is 7.45. The molecular formula is C20H27FN2O3. The Morgan fingerprint density at radius 1 is 1.15 bits per heavy atom. The molecule has 3 rings (SSSR count). The average Bonchev–Trinajstić information content (AvgIpc) is 2.67. The van der Waals surface area contributed by atoms with Crippen LogP contribution in [0.5, 0.6) is 0 Å². The normalized spacial score (nSPS) is 21.9. The van der Waals surface area contributed by atoms with Crippen LogP contribution in [0.3, 0.4) is 0 Å². The molecule has 0 spiro atoms. The van der Waals surface area contributed by atoms with Gasteiger partial charge in [-0.15, -0.1) is 0 Å². The lowest BCUT2D eigenvalue weighted by atomic mass is 9.94. The summed E-state index contributed by atoms with van der Waals surface area (Å²) in [6.07, 6.45) is 1.13. The Kier molecular flexibility index (Phi) is 5.91. The summed E-state index contributed by atoms with van der Waals surface area (Å²) in [5.74, 6) is -0.0532. The molecule has 1 aromatic rings. The second-order valence-corrected chi connectivity index (χ2v) is 7.45. The molecule has 2 aliphatic heterocycles. The van der Waals surface area contributed by atoms with Gasteiger partial charge in [0.2, 0.25) is 11.8 Å². The zero-order valence-corrected chi connectivity index (χ0v) is 15.5. The van der Waals surface area contributed by atoms with Gasteiger partial charge in [0, 0.05) is 31.5 Å². The van der Waals surface area contributed by atoms with Crippen LogP contribution in [0, 0.1) is 17.7 Å². The van der Waals surface area contributed by atoms with Gasteiger partial charge in [-0.2, -0.15) is 0 Å². The summed E-state index contributed by atoms with van der Waals surface area (Å²) in [6.45, 7) is 6.57. The average molecular weight is 362 g/mol. The number of carbonyl (C=O) groups is 2. The van der Waals surface area contributed by atoms with Gasteiger partial charge < -0.3 is 14.5 Å². The van der Waals surface area contributed by atoms with Crippen LogP contribution in [-0.2, 0) is 14.3 Å².